The van der Waals surface area contributed by atoms with Crippen molar-refractivity contribution in [3.63, 3.8) is 0 Å². The summed E-state index contributed by atoms with van der Waals surface area (Å²) in [6.07, 6.45) is 0.844. The molecular weight excluding hydrogens is 362 g/mol. The molecule has 0 aromatic heterocycles. The molecule has 0 aliphatic carbocycles. The zero-order valence-corrected chi connectivity index (χ0v) is 16.2. The number of thiocarbonyl (C=S) groups is 1. The van der Waals surface area contributed by atoms with Crippen LogP contribution >= 0.6 is 12.2 Å². The Morgan fingerprint density at radius 1 is 1.04 bits per heavy atom. The molecule has 3 N–H and O–H groups in total. The van der Waals surface area contributed by atoms with Gasteiger partial charge >= 0.3 is 0 Å². The van der Waals surface area contributed by atoms with Crippen molar-refractivity contribution in [3.8, 4) is 5.75 Å². The van der Waals surface area contributed by atoms with Crippen LogP contribution in [0.3, 0.4) is 0 Å². The third kappa shape index (κ3) is 6.07. The Morgan fingerprint density at radius 2 is 1.81 bits per heavy atom. The van der Waals surface area contributed by atoms with Crippen molar-refractivity contribution in [1.82, 2.24) is 10.6 Å². The van der Waals surface area contributed by atoms with Crippen LogP contribution in [0.5, 0.6) is 5.75 Å². The van der Waals surface area contributed by atoms with Crippen molar-refractivity contribution in [1.29, 1.82) is 0 Å². The van der Waals surface area contributed by atoms with E-state index < -0.39 is 0 Å². The molecule has 0 saturated carbocycles. The highest BCUT2D eigenvalue weighted by Crippen LogP contribution is 2.16. The highest BCUT2D eigenvalue weighted by molar-refractivity contribution is 7.80. The summed E-state index contributed by atoms with van der Waals surface area (Å²) in [5.74, 6) is 0.0578. The van der Waals surface area contributed by atoms with Gasteiger partial charge in [-0.3, -0.25) is 14.9 Å². The van der Waals surface area contributed by atoms with E-state index in [9.17, 15) is 9.59 Å². The monoisotopic (exact) mass is 385 g/mol. The molecule has 0 aliphatic rings. The van der Waals surface area contributed by atoms with Crippen LogP contribution in [0.4, 0.5) is 5.69 Å². The van der Waals surface area contributed by atoms with Crippen LogP contribution in [0.25, 0.3) is 0 Å². The van der Waals surface area contributed by atoms with Crippen molar-refractivity contribution in [2.75, 3.05) is 18.5 Å². The minimum absolute atomic E-state index is 0.109. The van der Waals surface area contributed by atoms with E-state index in [1.807, 2.05) is 13.8 Å². The topological polar surface area (TPSA) is 79.5 Å². The van der Waals surface area contributed by atoms with Gasteiger partial charge in [0.1, 0.15) is 5.75 Å². The number of hydrogen-bond donors (Lipinski definition) is 3. The van der Waals surface area contributed by atoms with Crippen LogP contribution in [0.15, 0.2) is 48.5 Å². The van der Waals surface area contributed by atoms with Gasteiger partial charge in [-0.25, -0.2) is 0 Å². The first-order valence-electron chi connectivity index (χ1n) is 8.77. The van der Waals surface area contributed by atoms with E-state index in [1.54, 1.807) is 48.5 Å². The van der Waals surface area contributed by atoms with E-state index in [0.717, 1.165) is 6.42 Å². The van der Waals surface area contributed by atoms with Crippen LogP contribution in [0, 0.1) is 0 Å². The van der Waals surface area contributed by atoms with Gasteiger partial charge in [0.05, 0.1) is 17.9 Å². The molecule has 0 unspecified atom stereocenters. The number of rotatable bonds is 7. The quantitative estimate of drug-likeness (QED) is 0.637. The van der Waals surface area contributed by atoms with Gasteiger partial charge in [-0.15, -0.1) is 0 Å². The lowest BCUT2D eigenvalue weighted by Gasteiger charge is -2.13. The number of hydrogen-bond acceptors (Lipinski definition) is 4. The summed E-state index contributed by atoms with van der Waals surface area (Å²) >= 11 is 5.22. The van der Waals surface area contributed by atoms with E-state index >= 15 is 0 Å². The van der Waals surface area contributed by atoms with Crippen molar-refractivity contribution in [2.45, 2.75) is 20.3 Å². The molecule has 0 aliphatic heterocycles. The molecule has 2 aromatic carbocycles. The molecule has 6 nitrogen and oxygen atoms in total. The number of anilines is 1. The summed E-state index contributed by atoms with van der Waals surface area (Å²) in [6, 6.07) is 13.8. The molecule has 2 rings (SSSR count). The first kappa shape index (κ1) is 20.4. The zero-order chi connectivity index (χ0) is 19.6. The summed E-state index contributed by atoms with van der Waals surface area (Å²) in [6.45, 7) is 4.96. The van der Waals surface area contributed by atoms with Crippen molar-refractivity contribution >= 4 is 34.8 Å². The fraction of sp³-hybridized carbons (Fsp3) is 0.250. The number of carbonyl (C=O) groups is 2. The van der Waals surface area contributed by atoms with Crippen LogP contribution < -0.4 is 20.7 Å². The van der Waals surface area contributed by atoms with Gasteiger partial charge in [0, 0.05) is 12.1 Å². The standard InChI is InChI=1S/C20H23N3O3S/c1-3-12-21-19(25)16-10-5-6-11-17(16)22-20(27)23-18(24)14-8-7-9-15(13-14)26-4-2/h5-11,13H,3-4,12H2,1-2H3,(H,21,25)(H2,22,23,24,27). The van der Waals surface area contributed by atoms with Crippen molar-refractivity contribution < 1.29 is 14.3 Å². The largest absolute Gasteiger partial charge is 0.494 e. The average Bonchev–Trinajstić information content (AvgIpc) is 2.67. The third-order valence-corrected chi connectivity index (χ3v) is 3.79. The van der Waals surface area contributed by atoms with E-state index in [4.69, 9.17) is 17.0 Å². The first-order chi connectivity index (χ1) is 13.0. The second kappa shape index (κ2) is 10.3. The van der Waals surface area contributed by atoms with Gasteiger partial charge in [0.25, 0.3) is 11.8 Å². The second-order valence-corrected chi connectivity index (χ2v) is 6.08. The SMILES string of the molecule is CCCNC(=O)c1ccccc1NC(=S)NC(=O)c1cccc(OCC)c1. The number of amides is 2. The molecule has 2 aromatic rings. The van der Waals surface area contributed by atoms with E-state index in [-0.39, 0.29) is 16.9 Å². The van der Waals surface area contributed by atoms with E-state index in [1.165, 1.54) is 0 Å². The number of carbonyl (C=O) groups excluding carboxylic acids is 2. The van der Waals surface area contributed by atoms with Crippen LogP contribution in [-0.2, 0) is 0 Å². The smallest absolute Gasteiger partial charge is 0.257 e. The summed E-state index contributed by atoms with van der Waals surface area (Å²) in [7, 11) is 0. The number of benzene rings is 2. The zero-order valence-electron chi connectivity index (χ0n) is 15.4. The van der Waals surface area contributed by atoms with Crippen LogP contribution in [0.2, 0.25) is 0 Å². The Labute approximate surface area is 164 Å². The fourth-order valence-electron chi connectivity index (χ4n) is 2.35. The lowest BCUT2D eigenvalue weighted by molar-refractivity contribution is 0.0952. The summed E-state index contributed by atoms with van der Waals surface area (Å²) in [4.78, 5) is 24.6. The highest BCUT2D eigenvalue weighted by atomic mass is 32.1. The number of para-hydroxylation sites is 1. The Kier molecular flexibility index (Phi) is 7.76. The molecule has 7 heteroatoms. The molecular formula is C20H23N3O3S. The third-order valence-electron chi connectivity index (χ3n) is 3.59. The lowest BCUT2D eigenvalue weighted by atomic mass is 10.1. The molecule has 0 heterocycles. The molecule has 0 spiro atoms. The summed E-state index contributed by atoms with van der Waals surface area (Å²) < 4.78 is 5.40. The minimum Gasteiger partial charge on any atom is -0.494 e. The molecule has 0 radical (unpaired) electrons. The lowest BCUT2D eigenvalue weighted by Crippen LogP contribution is -2.35. The predicted molar refractivity (Wildman–Crippen MR) is 110 cm³/mol. The molecule has 0 fully saturated rings. The fourth-order valence-corrected chi connectivity index (χ4v) is 2.55. The predicted octanol–water partition coefficient (Wildman–Crippen LogP) is 3.35. The van der Waals surface area contributed by atoms with Gasteiger partial charge in [0.2, 0.25) is 0 Å². The van der Waals surface area contributed by atoms with Crippen molar-refractivity contribution in [3.05, 3.63) is 59.7 Å². The Bertz CT molecular complexity index is 824. The van der Waals surface area contributed by atoms with Gasteiger partial charge in [-0.05, 0) is 55.9 Å². The average molecular weight is 385 g/mol. The molecule has 0 atom stereocenters. The van der Waals surface area contributed by atoms with E-state index in [2.05, 4.69) is 16.0 Å². The summed E-state index contributed by atoms with van der Waals surface area (Å²) in [5, 5.41) is 8.47. The van der Waals surface area contributed by atoms with E-state index in [0.29, 0.717) is 35.7 Å². The molecule has 27 heavy (non-hydrogen) atoms. The highest BCUT2D eigenvalue weighted by Gasteiger charge is 2.13. The molecule has 142 valence electrons. The van der Waals surface area contributed by atoms with Gasteiger partial charge in [-0.2, -0.15) is 0 Å². The number of ether oxygens (including phenoxy) is 1. The summed E-state index contributed by atoms with van der Waals surface area (Å²) in [5.41, 5.74) is 1.42. The minimum atomic E-state index is -0.359. The van der Waals surface area contributed by atoms with Gasteiger partial charge in [-0.1, -0.05) is 25.1 Å². The maximum absolute atomic E-state index is 12.4. The maximum atomic E-state index is 12.4. The molecule has 2 amide bonds. The molecule has 0 saturated heterocycles. The number of nitrogens with one attached hydrogen (secondary N) is 3. The van der Waals surface area contributed by atoms with Gasteiger partial charge < -0.3 is 15.4 Å². The van der Waals surface area contributed by atoms with Crippen LogP contribution in [0.1, 0.15) is 41.0 Å². The maximum Gasteiger partial charge on any atom is 0.257 e. The Balaban J connectivity index is 2.04. The van der Waals surface area contributed by atoms with Gasteiger partial charge in [0.15, 0.2) is 5.11 Å². The van der Waals surface area contributed by atoms with Crippen LogP contribution in [-0.4, -0.2) is 30.1 Å². The molecule has 0 bridgehead atoms. The first-order valence-corrected chi connectivity index (χ1v) is 9.18. The normalized spacial score (nSPS) is 10.0. The Morgan fingerprint density at radius 3 is 2.56 bits per heavy atom. The van der Waals surface area contributed by atoms with Crippen molar-refractivity contribution in [2.24, 2.45) is 0 Å². The Hall–Kier alpha value is -2.93. The second-order valence-electron chi connectivity index (χ2n) is 5.67.